The predicted octanol–water partition coefficient (Wildman–Crippen LogP) is 2.79. The number of fused-ring (bicyclic) bond motifs is 6. The van der Waals surface area contributed by atoms with Crippen LogP contribution in [0.2, 0.25) is 0 Å². The average molecular weight is 338 g/mol. The van der Waals surface area contributed by atoms with Gasteiger partial charge in [-0.3, -0.25) is 14.7 Å². The van der Waals surface area contributed by atoms with E-state index >= 15 is 0 Å². The molecular weight excluding hydrogens is 312 g/mol. The third kappa shape index (κ3) is 2.40. The maximum atomic E-state index is 12.7. The summed E-state index contributed by atoms with van der Waals surface area (Å²) < 4.78 is 2.27. The molecule has 2 bridgehead atoms. The number of amides is 1. The van der Waals surface area contributed by atoms with Gasteiger partial charge in [-0.25, -0.2) is 0 Å². The number of hydrogen-bond acceptors (Lipinski definition) is 3. The van der Waals surface area contributed by atoms with Crippen molar-refractivity contribution in [3.8, 4) is 0 Å². The van der Waals surface area contributed by atoms with Crippen molar-refractivity contribution in [1.82, 2.24) is 19.8 Å². The molecule has 132 valence electrons. The summed E-state index contributed by atoms with van der Waals surface area (Å²) in [5.74, 6) is 0.162. The summed E-state index contributed by atoms with van der Waals surface area (Å²) in [6, 6.07) is 3.56. The molecule has 2 aromatic heterocycles. The van der Waals surface area contributed by atoms with Gasteiger partial charge < -0.3 is 9.88 Å². The highest BCUT2D eigenvalue weighted by Gasteiger charge is 2.41. The number of likely N-dealkylation sites (N-methyl/N-ethyl adjacent to an activating group) is 1. The Kier molecular flexibility index (Phi) is 3.59. The largest absolute Gasteiger partial charge is 0.352 e. The van der Waals surface area contributed by atoms with Gasteiger partial charge in [-0.1, -0.05) is 12.8 Å². The molecule has 1 amide bonds. The van der Waals surface area contributed by atoms with E-state index in [9.17, 15) is 4.79 Å². The Labute approximate surface area is 148 Å². The molecule has 5 heteroatoms. The third-order valence-electron chi connectivity index (χ3n) is 6.64. The molecule has 0 radical (unpaired) electrons. The van der Waals surface area contributed by atoms with Crippen LogP contribution in [-0.4, -0.2) is 39.5 Å². The first-order valence-corrected chi connectivity index (χ1v) is 9.68. The fourth-order valence-corrected chi connectivity index (χ4v) is 5.37. The van der Waals surface area contributed by atoms with Crippen molar-refractivity contribution in [3.05, 3.63) is 29.7 Å². The molecule has 4 heterocycles. The molecule has 0 spiro atoms. The minimum absolute atomic E-state index is 0.162. The molecular formula is C20H26N4O. The zero-order chi connectivity index (χ0) is 17.0. The van der Waals surface area contributed by atoms with Crippen LogP contribution in [0.5, 0.6) is 0 Å². The van der Waals surface area contributed by atoms with Crippen LogP contribution in [0.1, 0.15) is 55.8 Å². The fourth-order valence-electron chi connectivity index (χ4n) is 5.37. The maximum Gasteiger partial charge on any atom is 0.240 e. The predicted molar refractivity (Wildman–Crippen MR) is 97.4 cm³/mol. The van der Waals surface area contributed by atoms with Gasteiger partial charge in [-0.05, 0) is 44.4 Å². The number of carbonyl (C=O) groups excluding carboxylic acids is 1. The normalized spacial score (nSPS) is 26.3. The Morgan fingerprint density at radius 1 is 1.28 bits per heavy atom. The Bertz CT molecular complexity index is 820. The maximum absolute atomic E-state index is 12.7. The van der Waals surface area contributed by atoms with Crippen molar-refractivity contribution >= 4 is 16.8 Å². The molecule has 1 saturated heterocycles. The van der Waals surface area contributed by atoms with Gasteiger partial charge in [-0.2, -0.15) is 0 Å². The van der Waals surface area contributed by atoms with Crippen LogP contribution < -0.4 is 5.32 Å². The highest BCUT2D eigenvalue weighted by atomic mass is 16.2. The molecule has 2 atom stereocenters. The van der Waals surface area contributed by atoms with E-state index in [4.69, 9.17) is 0 Å². The number of rotatable bonds is 3. The second-order valence-corrected chi connectivity index (χ2v) is 8.00. The van der Waals surface area contributed by atoms with E-state index in [0.717, 1.165) is 19.3 Å². The van der Waals surface area contributed by atoms with E-state index in [1.165, 1.54) is 47.8 Å². The van der Waals surface area contributed by atoms with Crippen molar-refractivity contribution in [2.24, 2.45) is 0 Å². The van der Waals surface area contributed by atoms with Crippen LogP contribution in [0.3, 0.4) is 0 Å². The second kappa shape index (κ2) is 5.84. The first-order chi connectivity index (χ1) is 12.2. The smallest absolute Gasteiger partial charge is 0.240 e. The summed E-state index contributed by atoms with van der Waals surface area (Å²) in [6.45, 7) is 0.440. The molecule has 5 rings (SSSR count). The molecule has 2 aromatic rings. The zero-order valence-corrected chi connectivity index (χ0v) is 14.9. The first kappa shape index (κ1) is 15.4. The molecule has 5 nitrogen and oxygen atoms in total. The lowest BCUT2D eigenvalue weighted by Crippen LogP contribution is -2.37. The molecule has 2 fully saturated rings. The number of nitrogens with zero attached hydrogens (tertiary/aromatic N) is 3. The van der Waals surface area contributed by atoms with E-state index in [0.29, 0.717) is 24.7 Å². The zero-order valence-electron chi connectivity index (χ0n) is 14.9. The van der Waals surface area contributed by atoms with E-state index in [1.54, 1.807) is 0 Å². The van der Waals surface area contributed by atoms with Crippen LogP contribution in [0, 0.1) is 0 Å². The highest BCUT2D eigenvalue weighted by molar-refractivity contribution is 5.88. The minimum Gasteiger partial charge on any atom is -0.352 e. The summed E-state index contributed by atoms with van der Waals surface area (Å²) in [6.07, 6.45) is 12.1. The summed E-state index contributed by atoms with van der Waals surface area (Å²) in [5, 5.41) is 4.49. The van der Waals surface area contributed by atoms with Gasteiger partial charge >= 0.3 is 0 Å². The minimum atomic E-state index is 0.162. The van der Waals surface area contributed by atoms with Gasteiger partial charge in [-0.15, -0.1) is 0 Å². The summed E-state index contributed by atoms with van der Waals surface area (Å²) in [5.41, 5.74) is 3.96. The quantitative estimate of drug-likeness (QED) is 0.936. The van der Waals surface area contributed by atoms with Crippen molar-refractivity contribution < 1.29 is 4.79 Å². The molecule has 2 aliphatic heterocycles. The Morgan fingerprint density at radius 2 is 2.12 bits per heavy atom. The van der Waals surface area contributed by atoms with Gasteiger partial charge in [0, 0.05) is 48.0 Å². The standard InChI is InChI=1S/C20H26N4O/c1-23-14-6-7-17(23)20-15-11-21-9-8-16(15)24(18(20)10-14)12-19(25)22-13-4-2-3-5-13/h8-9,11,13-14,17H,2-7,10,12H2,1H3,(H,22,25). The topological polar surface area (TPSA) is 50.2 Å². The molecule has 1 saturated carbocycles. The number of aromatic nitrogens is 2. The summed E-state index contributed by atoms with van der Waals surface area (Å²) in [4.78, 5) is 19.6. The van der Waals surface area contributed by atoms with E-state index < -0.39 is 0 Å². The van der Waals surface area contributed by atoms with Gasteiger partial charge in [0.1, 0.15) is 6.54 Å². The summed E-state index contributed by atoms with van der Waals surface area (Å²) in [7, 11) is 2.25. The molecule has 0 aromatic carbocycles. The highest BCUT2D eigenvalue weighted by Crippen LogP contribution is 2.46. The van der Waals surface area contributed by atoms with Gasteiger partial charge in [0.15, 0.2) is 0 Å². The second-order valence-electron chi connectivity index (χ2n) is 8.00. The molecule has 25 heavy (non-hydrogen) atoms. The van der Waals surface area contributed by atoms with E-state index in [2.05, 4.69) is 32.9 Å². The number of nitrogens with one attached hydrogen (secondary N) is 1. The Balaban J connectivity index is 1.52. The average Bonchev–Trinajstić information content (AvgIpc) is 3.27. The third-order valence-corrected chi connectivity index (χ3v) is 6.64. The van der Waals surface area contributed by atoms with Crippen LogP contribution in [0.4, 0.5) is 0 Å². The summed E-state index contributed by atoms with van der Waals surface area (Å²) >= 11 is 0. The SMILES string of the molecule is CN1C2CCC1c1c(n(CC(=O)NC3CCCC3)c3ccncc13)C2. The Hall–Kier alpha value is -1.88. The molecule has 2 unspecified atom stereocenters. The molecule has 3 aliphatic rings. The van der Waals surface area contributed by atoms with Crippen LogP contribution in [0.25, 0.3) is 10.9 Å². The van der Waals surface area contributed by atoms with Gasteiger partial charge in [0.05, 0.1) is 5.52 Å². The number of hydrogen-bond donors (Lipinski definition) is 1. The van der Waals surface area contributed by atoms with Crippen LogP contribution in [0.15, 0.2) is 18.5 Å². The van der Waals surface area contributed by atoms with Crippen LogP contribution in [-0.2, 0) is 17.8 Å². The van der Waals surface area contributed by atoms with Gasteiger partial charge in [0.25, 0.3) is 0 Å². The van der Waals surface area contributed by atoms with Crippen molar-refractivity contribution in [3.63, 3.8) is 0 Å². The lowest BCUT2D eigenvalue weighted by Gasteiger charge is -2.32. The van der Waals surface area contributed by atoms with Crippen LogP contribution >= 0.6 is 0 Å². The van der Waals surface area contributed by atoms with Gasteiger partial charge in [0.2, 0.25) is 5.91 Å². The van der Waals surface area contributed by atoms with E-state index in [-0.39, 0.29) is 5.91 Å². The van der Waals surface area contributed by atoms with Crippen molar-refractivity contribution in [1.29, 1.82) is 0 Å². The Morgan fingerprint density at radius 3 is 2.96 bits per heavy atom. The fraction of sp³-hybridized carbons (Fsp3) is 0.600. The monoisotopic (exact) mass is 338 g/mol. The van der Waals surface area contributed by atoms with Crippen molar-refractivity contribution in [2.75, 3.05) is 7.05 Å². The lowest BCUT2D eigenvalue weighted by molar-refractivity contribution is -0.122. The number of pyridine rings is 1. The lowest BCUT2D eigenvalue weighted by atomic mass is 9.98. The first-order valence-electron chi connectivity index (χ1n) is 9.68. The molecule has 1 aliphatic carbocycles. The van der Waals surface area contributed by atoms with Crippen molar-refractivity contribution in [2.45, 2.75) is 69.6 Å². The number of carbonyl (C=O) groups is 1. The molecule has 1 N–H and O–H groups in total. The van der Waals surface area contributed by atoms with E-state index in [1.807, 2.05) is 12.4 Å².